The Labute approximate surface area is 222 Å². The Morgan fingerprint density at radius 3 is 2.73 bits per heavy atom. The molecule has 0 aliphatic carbocycles. The van der Waals surface area contributed by atoms with Gasteiger partial charge in [0, 0.05) is 57.8 Å². The number of thiazole rings is 1. The Morgan fingerprint density at radius 2 is 2.03 bits per heavy atom. The highest BCUT2D eigenvalue weighted by Gasteiger charge is 2.39. The average molecular weight is 550 g/mol. The fourth-order valence-corrected chi connectivity index (χ4v) is 7.47. The highest BCUT2D eigenvalue weighted by Crippen LogP contribution is 2.35. The van der Waals surface area contributed by atoms with E-state index in [4.69, 9.17) is 4.74 Å². The molecule has 1 aromatic heterocycles. The molecular formula is C25H35N5O5S2. The van der Waals surface area contributed by atoms with Gasteiger partial charge in [0.05, 0.1) is 18.7 Å². The number of β-amino-alcohol motifs (C(OH)–C–C–N with tert-alkyl or cyclic N) is 1. The summed E-state index contributed by atoms with van der Waals surface area (Å²) in [4.78, 5) is 22.4. The van der Waals surface area contributed by atoms with Crippen molar-refractivity contribution in [1.82, 2.24) is 24.4 Å². The van der Waals surface area contributed by atoms with Gasteiger partial charge in [-0.2, -0.15) is 0 Å². The van der Waals surface area contributed by atoms with E-state index >= 15 is 0 Å². The number of benzene rings is 1. The van der Waals surface area contributed by atoms with Crippen LogP contribution in [-0.2, 0) is 21.4 Å². The van der Waals surface area contributed by atoms with Crippen molar-refractivity contribution in [3.05, 3.63) is 40.3 Å². The first-order valence-electron chi connectivity index (χ1n) is 12.7. The highest BCUT2D eigenvalue weighted by atomic mass is 32.2. The number of aliphatic hydroxyl groups excluding tert-OH is 1. The number of rotatable bonds is 3. The second-order valence-electron chi connectivity index (χ2n) is 10.3. The zero-order chi connectivity index (χ0) is 26.2. The molecule has 2 fully saturated rings. The normalized spacial score (nSPS) is 27.6. The molecule has 202 valence electrons. The van der Waals surface area contributed by atoms with Crippen molar-refractivity contribution >= 4 is 27.3 Å². The summed E-state index contributed by atoms with van der Waals surface area (Å²) < 4.78 is 35.6. The van der Waals surface area contributed by atoms with Crippen molar-refractivity contribution in [2.24, 2.45) is 0 Å². The Kier molecular flexibility index (Phi) is 7.85. The van der Waals surface area contributed by atoms with Gasteiger partial charge in [0.25, 0.3) is 0 Å². The number of hydrogen-bond donors (Lipinski definition) is 2. The predicted octanol–water partition coefficient (Wildman–Crippen LogP) is 1.09. The van der Waals surface area contributed by atoms with E-state index in [1.165, 1.54) is 0 Å². The minimum Gasteiger partial charge on any atom is -0.486 e. The molecule has 0 unspecified atom stereocenters. The third-order valence-electron chi connectivity index (χ3n) is 7.68. The number of aromatic nitrogens is 1. The van der Waals surface area contributed by atoms with E-state index in [0.717, 1.165) is 30.0 Å². The van der Waals surface area contributed by atoms with E-state index in [2.05, 4.69) is 19.5 Å². The lowest BCUT2D eigenvalue weighted by atomic mass is 9.89. The van der Waals surface area contributed by atoms with Crippen LogP contribution in [0.3, 0.4) is 0 Å². The third-order valence-corrected chi connectivity index (χ3v) is 9.90. The Morgan fingerprint density at radius 1 is 1.24 bits per heavy atom. The summed E-state index contributed by atoms with van der Waals surface area (Å²) in [5.41, 5.74) is 1.02. The molecule has 37 heavy (non-hydrogen) atoms. The van der Waals surface area contributed by atoms with Crippen molar-refractivity contribution in [2.45, 2.75) is 55.4 Å². The SMILES string of the molecule is CC(=O)N1CCC(c2ccc3c(c2)O[C@H]2CN(Cc4nccs4)C[C@H]2N(C)C[C@@H](O)CNS3(=O)=O)CC1. The van der Waals surface area contributed by atoms with Crippen LogP contribution in [0.4, 0.5) is 0 Å². The van der Waals surface area contributed by atoms with E-state index in [0.29, 0.717) is 38.5 Å². The molecule has 0 radical (unpaired) electrons. The Balaban J connectivity index is 1.45. The van der Waals surface area contributed by atoms with Gasteiger partial charge in [0.15, 0.2) is 0 Å². The summed E-state index contributed by atoms with van der Waals surface area (Å²) in [6, 6.07) is 5.33. The Hall–Kier alpha value is -2.09. The van der Waals surface area contributed by atoms with E-state index in [9.17, 15) is 18.3 Å². The van der Waals surface area contributed by atoms with Gasteiger partial charge >= 0.3 is 0 Å². The van der Waals surface area contributed by atoms with Gasteiger partial charge in [0.1, 0.15) is 21.8 Å². The van der Waals surface area contributed by atoms with Crippen molar-refractivity contribution in [3.8, 4) is 5.75 Å². The second-order valence-corrected chi connectivity index (χ2v) is 13.0. The van der Waals surface area contributed by atoms with E-state index in [1.54, 1.807) is 30.5 Å². The summed E-state index contributed by atoms with van der Waals surface area (Å²) in [6.07, 6.45) is 2.32. The summed E-state index contributed by atoms with van der Waals surface area (Å²) in [7, 11) is -1.94. The fourth-order valence-electron chi connectivity index (χ4n) is 5.62. The molecular weight excluding hydrogens is 514 g/mol. The van der Waals surface area contributed by atoms with Crippen LogP contribution in [0.5, 0.6) is 5.75 Å². The standard InChI is InChI=1S/C25H35N5O5S2/c1-17(31)30-8-5-18(6-9-30)19-3-4-24-22(11-19)35-23-15-29(16-25-26-7-10-36-25)14-21(23)28(2)13-20(32)12-27-37(24,33)34/h3-4,7,10-11,18,20-21,23,27,32H,5-6,8-9,12-16H2,1-2H3/t20-,21+,23-/m0/s1. The molecule has 1 amide bonds. The molecule has 12 heteroatoms. The average Bonchev–Trinajstić information content (AvgIpc) is 3.52. The van der Waals surface area contributed by atoms with E-state index in [-0.39, 0.29) is 35.4 Å². The van der Waals surface area contributed by atoms with E-state index in [1.807, 2.05) is 29.5 Å². The molecule has 0 saturated carbocycles. The summed E-state index contributed by atoms with van der Waals surface area (Å²) >= 11 is 1.61. The minimum atomic E-state index is -3.89. The lowest BCUT2D eigenvalue weighted by Crippen LogP contribution is -2.47. The predicted molar refractivity (Wildman–Crippen MR) is 140 cm³/mol. The zero-order valence-electron chi connectivity index (χ0n) is 21.2. The summed E-state index contributed by atoms with van der Waals surface area (Å²) in [5.74, 6) is 0.653. The molecule has 4 heterocycles. The summed E-state index contributed by atoms with van der Waals surface area (Å²) in [6.45, 7) is 5.28. The van der Waals surface area contributed by atoms with Gasteiger partial charge in [-0.05, 0) is 43.5 Å². The van der Waals surface area contributed by atoms with Crippen LogP contribution >= 0.6 is 11.3 Å². The monoisotopic (exact) mass is 549 g/mol. The number of likely N-dealkylation sites (N-methyl/N-ethyl adjacent to an activating group) is 1. The number of carbonyl (C=O) groups excluding carboxylic acids is 1. The van der Waals surface area contributed by atoms with Crippen molar-refractivity contribution in [2.75, 3.05) is 46.3 Å². The zero-order valence-corrected chi connectivity index (χ0v) is 22.9. The number of sulfonamides is 1. The topological polar surface area (TPSA) is 115 Å². The van der Waals surface area contributed by atoms with Crippen LogP contribution in [0.25, 0.3) is 0 Å². The molecule has 2 aromatic rings. The van der Waals surface area contributed by atoms with Crippen LogP contribution in [0, 0.1) is 0 Å². The van der Waals surface area contributed by atoms with Crippen molar-refractivity contribution < 1.29 is 23.1 Å². The lowest BCUT2D eigenvalue weighted by Gasteiger charge is -2.32. The number of hydrogen-bond acceptors (Lipinski definition) is 9. The smallest absolute Gasteiger partial charge is 0.244 e. The molecule has 2 saturated heterocycles. The largest absolute Gasteiger partial charge is 0.486 e. The number of aliphatic hydroxyl groups is 1. The number of nitrogens with zero attached hydrogens (tertiary/aromatic N) is 4. The molecule has 2 N–H and O–H groups in total. The molecule has 0 bridgehead atoms. The maximum atomic E-state index is 13.2. The van der Waals surface area contributed by atoms with Gasteiger partial charge in [-0.15, -0.1) is 11.3 Å². The molecule has 3 aliphatic rings. The van der Waals surface area contributed by atoms with Gasteiger partial charge in [-0.1, -0.05) is 6.07 Å². The van der Waals surface area contributed by atoms with Crippen LogP contribution in [0.15, 0.2) is 34.7 Å². The van der Waals surface area contributed by atoms with Crippen LogP contribution in [-0.4, -0.2) is 104 Å². The molecule has 1 aromatic carbocycles. The summed E-state index contributed by atoms with van der Waals surface area (Å²) in [5, 5.41) is 13.6. The first-order valence-corrected chi connectivity index (χ1v) is 15.1. The molecule has 5 rings (SSSR count). The first kappa shape index (κ1) is 26.5. The first-order chi connectivity index (χ1) is 17.7. The quantitative estimate of drug-likeness (QED) is 0.585. The fraction of sp³-hybridized carbons (Fsp3) is 0.600. The number of carbonyl (C=O) groups is 1. The second kappa shape index (κ2) is 11.0. The number of ether oxygens (including phenoxy) is 1. The van der Waals surface area contributed by atoms with Gasteiger partial charge in [-0.3, -0.25) is 14.6 Å². The number of likely N-dealkylation sites (tertiary alicyclic amines) is 2. The van der Waals surface area contributed by atoms with Crippen molar-refractivity contribution in [1.29, 1.82) is 0 Å². The molecule has 10 nitrogen and oxygen atoms in total. The minimum absolute atomic E-state index is 0.0225. The van der Waals surface area contributed by atoms with Gasteiger partial charge in [-0.25, -0.2) is 18.1 Å². The van der Waals surface area contributed by atoms with Crippen LogP contribution < -0.4 is 9.46 Å². The molecule has 0 spiro atoms. The van der Waals surface area contributed by atoms with Crippen LogP contribution in [0.1, 0.15) is 36.3 Å². The molecule has 3 atom stereocenters. The van der Waals surface area contributed by atoms with Gasteiger partial charge < -0.3 is 14.7 Å². The number of amides is 1. The molecule has 3 aliphatic heterocycles. The highest BCUT2D eigenvalue weighted by molar-refractivity contribution is 7.89. The lowest BCUT2D eigenvalue weighted by molar-refractivity contribution is -0.129. The van der Waals surface area contributed by atoms with Crippen LogP contribution in [0.2, 0.25) is 0 Å². The maximum Gasteiger partial charge on any atom is 0.244 e. The maximum absolute atomic E-state index is 13.2. The number of nitrogens with one attached hydrogen (secondary N) is 1. The van der Waals surface area contributed by atoms with Crippen molar-refractivity contribution in [3.63, 3.8) is 0 Å². The van der Waals surface area contributed by atoms with E-state index < -0.39 is 16.1 Å². The third kappa shape index (κ3) is 5.99. The number of fused-ring (bicyclic) bond motifs is 2. The van der Waals surface area contributed by atoms with Gasteiger partial charge in [0.2, 0.25) is 15.9 Å². The number of piperidine rings is 1. The Bertz CT molecular complexity index is 1200.